The lowest BCUT2D eigenvalue weighted by atomic mass is 10.3. The highest BCUT2D eigenvalue weighted by Crippen LogP contribution is 1.91. The first kappa shape index (κ1) is 11.4. The van der Waals surface area contributed by atoms with Crippen LogP contribution in [0.5, 0.6) is 0 Å². The third-order valence-corrected chi connectivity index (χ3v) is 2.04. The van der Waals surface area contributed by atoms with Gasteiger partial charge in [-0.15, -0.1) is 6.42 Å². The highest BCUT2D eigenvalue weighted by atomic mass is 32.2. The Morgan fingerprint density at radius 2 is 2.08 bits per heavy atom. The fraction of sp³-hybridized carbons (Fsp3) is 0.714. The van der Waals surface area contributed by atoms with Crippen molar-refractivity contribution in [3.8, 4) is 12.3 Å². The molecule has 0 unspecified atom stereocenters. The van der Waals surface area contributed by atoms with Crippen LogP contribution in [0.3, 0.4) is 0 Å². The largest absolute Gasteiger partial charge is 0.306 e. The van der Waals surface area contributed by atoms with Crippen molar-refractivity contribution in [1.82, 2.24) is 5.32 Å². The van der Waals surface area contributed by atoms with Crippen LogP contribution < -0.4 is 5.32 Å². The van der Waals surface area contributed by atoms with Gasteiger partial charge in [-0.2, -0.15) is 8.42 Å². The summed E-state index contributed by atoms with van der Waals surface area (Å²) in [4.78, 5) is 0. The molecule has 4 nitrogen and oxygen atoms in total. The van der Waals surface area contributed by atoms with Gasteiger partial charge >= 0.3 is 0 Å². The lowest BCUT2D eigenvalue weighted by molar-refractivity contribution is 0.479. The van der Waals surface area contributed by atoms with Gasteiger partial charge in [-0.3, -0.25) is 4.55 Å². The van der Waals surface area contributed by atoms with E-state index in [1.54, 1.807) is 0 Å². The third kappa shape index (κ3) is 9.43. The molecule has 2 N–H and O–H groups in total. The molecule has 0 fully saturated rings. The van der Waals surface area contributed by atoms with Crippen molar-refractivity contribution < 1.29 is 13.0 Å². The first-order valence-electron chi connectivity index (χ1n) is 3.65. The van der Waals surface area contributed by atoms with E-state index in [1.165, 1.54) is 0 Å². The normalized spacial score (nSPS) is 11.0. The standard InChI is InChI=1S/C7H13NO3S/c1-2-5-8-6-3-4-7-12(9,10)11/h1,8H,3-7H2,(H,9,10,11). The molecule has 0 aliphatic heterocycles. The quantitative estimate of drug-likeness (QED) is 0.349. The molecule has 0 heterocycles. The van der Waals surface area contributed by atoms with Crippen LogP contribution in [0.1, 0.15) is 12.8 Å². The SMILES string of the molecule is C#CCNCCCCS(=O)(=O)O. The van der Waals surface area contributed by atoms with Gasteiger partial charge in [0.05, 0.1) is 12.3 Å². The first-order valence-corrected chi connectivity index (χ1v) is 5.26. The van der Waals surface area contributed by atoms with Crippen molar-refractivity contribution in [2.24, 2.45) is 0 Å². The summed E-state index contributed by atoms with van der Waals surface area (Å²) in [5.74, 6) is 2.22. The van der Waals surface area contributed by atoms with Gasteiger partial charge in [-0.05, 0) is 19.4 Å². The van der Waals surface area contributed by atoms with Crippen LogP contribution in [0.2, 0.25) is 0 Å². The van der Waals surface area contributed by atoms with Gasteiger partial charge in [-0.25, -0.2) is 0 Å². The predicted molar refractivity (Wildman–Crippen MR) is 47.4 cm³/mol. The first-order chi connectivity index (χ1) is 5.56. The monoisotopic (exact) mass is 191 g/mol. The lowest BCUT2D eigenvalue weighted by Gasteiger charge is -1.98. The molecular weight excluding hydrogens is 178 g/mol. The molecular formula is C7H13NO3S. The minimum Gasteiger partial charge on any atom is -0.306 e. The number of nitrogens with one attached hydrogen (secondary N) is 1. The van der Waals surface area contributed by atoms with Gasteiger partial charge in [0.15, 0.2) is 0 Å². The second kappa shape index (κ2) is 6.00. The maximum atomic E-state index is 10.2. The van der Waals surface area contributed by atoms with Crippen molar-refractivity contribution in [3.63, 3.8) is 0 Å². The topological polar surface area (TPSA) is 66.4 Å². The molecule has 70 valence electrons. The van der Waals surface area contributed by atoms with Gasteiger partial charge in [0.25, 0.3) is 10.1 Å². The van der Waals surface area contributed by atoms with Crippen LogP contribution in [-0.4, -0.2) is 31.8 Å². The summed E-state index contributed by atoms with van der Waals surface area (Å²) in [7, 11) is -3.78. The second-order valence-corrected chi connectivity index (χ2v) is 3.95. The van der Waals surface area contributed by atoms with Crippen LogP contribution in [0, 0.1) is 12.3 Å². The highest BCUT2D eigenvalue weighted by Gasteiger charge is 2.02. The van der Waals surface area contributed by atoms with Crippen molar-refractivity contribution in [3.05, 3.63) is 0 Å². The highest BCUT2D eigenvalue weighted by molar-refractivity contribution is 7.85. The van der Waals surface area contributed by atoms with E-state index < -0.39 is 10.1 Å². The molecule has 5 heteroatoms. The molecule has 0 aliphatic carbocycles. The van der Waals surface area contributed by atoms with Crippen LogP contribution in [-0.2, 0) is 10.1 Å². The van der Waals surface area contributed by atoms with Crippen molar-refractivity contribution in [1.29, 1.82) is 0 Å². The van der Waals surface area contributed by atoms with E-state index in [0.29, 0.717) is 25.9 Å². The van der Waals surface area contributed by atoms with E-state index in [0.717, 1.165) is 0 Å². The zero-order valence-electron chi connectivity index (χ0n) is 6.78. The molecule has 0 aromatic carbocycles. The van der Waals surface area contributed by atoms with Crippen LogP contribution >= 0.6 is 0 Å². The average Bonchev–Trinajstić information content (AvgIpc) is 1.94. The summed E-state index contributed by atoms with van der Waals surface area (Å²) in [6, 6.07) is 0. The molecule has 0 spiro atoms. The smallest absolute Gasteiger partial charge is 0.264 e. The molecule has 0 atom stereocenters. The maximum Gasteiger partial charge on any atom is 0.264 e. The molecule has 0 saturated heterocycles. The number of rotatable bonds is 6. The lowest BCUT2D eigenvalue weighted by Crippen LogP contribution is -2.16. The fourth-order valence-electron chi connectivity index (χ4n) is 0.695. The average molecular weight is 191 g/mol. The van der Waals surface area contributed by atoms with E-state index >= 15 is 0 Å². The number of hydrogen-bond donors (Lipinski definition) is 2. The molecule has 0 aromatic rings. The fourth-order valence-corrected chi connectivity index (χ4v) is 1.26. The van der Waals surface area contributed by atoms with Crippen LogP contribution in [0.4, 0.5) is 0 Å². The van der Waals surface area contributed by atoms with Gasteiger partial charge < -0.3 is 5.32 Å². The Bertz CT molecular complexity index is 240. The molecule has 0 rings (SSSR count). The predicted octanol–water partition coefficient (Wildman–Crippen LogP) is -0.123. The van der Waals surface area contributed by atoms with Gasteiger partial charge in [-0.1, -0.05) is 5.92 Å². The molecule has 0 amide bonds. The zero-order chi connectivity index (χ0) is 9.45. The maximum absolute atomic E-state index is 10.2. The van der Waals surface area contributed by atoms with Crippen molar-refractivity contribution in [2.75, 3.05) is 18.8 Å². The minimum atomic E-state index is -3.78. The zero-order valence-corrected chi connectivity index (χ0v) is 7.60. The number of terminal acetylenes is 1. The Labute approximate surface area is 73.1 Å². The summed E-state index contributed by atoms with van der Waals surface area (Å²) in [5.41, 5.74) is 0. The summed E-state index contributed by atoms with van der Waals surface area (Å²) >= 11 is 0. The Balaban J connectivity index is 3.18. The Hall–Kier alpha value is -0.570. The molecule has 0 radical (unpaired) electrons. The van der Waals surface area contributed by atoms with Crippen molar-refractivity contribution in [2.45, 2.75) is 12.8 Å². The third-order valence-electron chi connectivity index (χ3n) is 1.23. The van der Waals surface area contributed by atoms with E-state index in [2.05, 4.69) is 11.2 Å². The summed E-state index contributed by atoms with van der Waals surface area (Å²) in [6.45, 7) is 1.17. The van der Waals surface area contributed by atoms with E-state index in [9.17, 15) is 8.42 Å². The number of hydrogen-bond acceptors (Lipinski definition) is 3. The molecule has 0 aromatic heterocycles. The van der Waals surface area contributed by atoms with Crippen LogP contribution in [0.25, 0.3) is 0 Å². The Morgan fingerprint density at radius 3 is 2.58 bits per heavy atom. The van der Waals surface area contributed by atoms with Gasteiger partial charge in [0.1, 0.15) is 0 Å². The summed E-state index contributed by atoms with van der Waals surface area (Å²) < 4.78 is 28.8. The van der Waals surface area contributed by atoms with Gasteiger partial charge in [0.2, 0.25) is 0 Å². The van der Waals surface area contributed by atoms with E-state index in [4.69, 9.17) is 11.0 Å². The molecule has 0 bridgehead atoms. The molecule has 0 aliphatic rings. The molecule has 0 saturated carbocycles. The molecule has 12 heavy (non-hydrogen) atoms. The summed E-state index contributed by atoms with van der Waals surface area (Å²) in [6.07, 6.45) is 6.11. The Morgan fingerprint density at radius 1 is 1.42 bits per heavy atom. The van der Waals surface area contributed by atoms with Gasteiger partial charge in [0, 0.05) is 0 Å². The van der Waals surface area contributed by atoms with Crippen molar-refractivity contribution >= 4 is 10.1 Å². The Kier molecular flexibility index (Phi) is 5.72. The van der Waals surface area contributed by atoms with E-state index in [-0.39, 0.29) is 5.75 Å². The minimum absolute atomic E-state index is 0.176. The van der Waals surface area contributed by atoms with Crippen LogP contribution in [0.15, 0.2) is 0 Å². The second-order valence-electron chi connectivity index (χ2n) is 2.37. The number of unbranched alkanes of at least 4 members (excludes halogenated alkanes) is 1. The summed E-state index contributed by atoms with van der Waals surface area (Å²) in [5, 5.41) is 2.91. The van der Waals surface area contributed by atoms with E-state index in [1.807, 2.05) is 0 Å².